The molecular formula is C22H25N3O8S. The minimum absolute atomic E-state index is 0.102. The van der Waals surface area contributed by atoms with Gasteiger partial charge in [-0.3, -0.25) is 14.4 Å². The second kappa shape index (κ2) is 11.6. The van der Waals surface area contributed by atoms with Crippen LogP contribution in [0.1, 0.15) is 10.4 Å². The summed E-state index contributed by atoms with van der Waals surface area (Å²) >= 11 is 0. The highest BCUT2D eigenvalue weighted by molar-refractivity contribution is 7.89. The maximum atomic E-state index is 12.6. The summed E-state index contributed by atoms with van der Waals surface area (Å²) in [5.41, 5.74) is 0.650. The van der Waals surface area contributed by atoms with Crippen molar-refractivity contribution in [1.29, 1.82) is 0 Å². The number of esters is 1. The van der Waals surface area contributed by atoms with Crippen LogP contribution in [0.5, 0.6) is 5.75 Å². The molecule has 1 heterocycles. The molecular weight excluding hydrogens is 466 g/mol. The van der Waals surface area contributed by atoms with Crippen molar-refractivity contribution < 1.29 is 37.0 Å². The number of sulfonamides is 1. The second-order valence-electron chi connectivity index (χ2n) is 7.16. The van der Waals surface area contributed by atoms with Crippen molar-refractivity contribution in [3.8, 4) is 5.75 Å². The number of hydrogen-bond acceptors (Lipinski definition) is 8. The zero-order chi connectivity index (χ0) is 24.6. The standard InChI is InChI=1S/C22H25N3O8S/c1-31-18-4-2-3-16(13-18)22(28)23-14-21(27)33-15-20(26)24-17-5-7-19(8-6-17)34(29,30)25-9-11-32-12-10-25/h2-8,13H,9-12,14-15H2,1H3,(H,23,28)(H,24,26). The molecule has 0 spiro atoms. The van der Waals surface area contributed by atoms with E-state index < -0.39 is 41.0 Å². The third-order valence-electron chi connectivity index (χ3n) is 4.84. The molecule has 0 atom stereocenters. The van der Waals surface area contributed by atoms with Crippen molar-refractivity contribution >= 4 is 33.5 Å². The van der Waals surface area contributed by atoms with Gasteiger partial charge < -0.3 is 24.8 Å². The fourth-order valence-electron chi connectivity index (χ4n) is 3.06. The van der Waals surface area contributed by atoms with E-state index in [1.807, 2.05) is 0 Å². The molecule has 0 saturated carbocycles. The molecule has 2 N–H and O–H groups in total. The van der Waals surface area contributed by atoms with Crippen molar-refractivity contribution in [1.82, 2.24) is 9.62 Å². The summed E-state index contributed by atoms with van der Waals surface area (Å²) < 4.78 is 41.7. The quantitative estimate of drug-likeness (QED) is 0.487. The number of morpholine rings is 1. The van der Waals surface area contributed by atoms with Gasteiger partial charge in [-0.15, -0.1) is 0 Å². The van der Waals surface area contributed by atoms with Gasteiger partial charge in [0.2, 0.25) is 10.0 Å². The Morgan fingerprint density at radius 3 is 2.44 bits per heavy atom. The summed E-state index contributed by atoms with van der Waals surface area (Å²) in [6.07, 6.45) is 0. The van der Waals surface area contributed by atoms with Crippen LogP contribution < -0.4 is 15.4 Å². The molecule has 0 unspecified atom stereocenters. The number of methoxy groups -OCH3 is 1. The number of hydrogen-bond donors (Lipinski definition) is 2. The number of nitrogens with zero attached hydrogens (tertiary/aromatic N) is 1. The lowest BCUT2D eigenvalue weighted by atomic mass is 10.2. The predicted octanol–water partition coefficient (Wildman–Crippen LogP) is 0.628. The van der Waals surface area contributed by atoms with Gasteiger partial charge in [-0.25, -0.2) is 8.42 Å². The summed E-state index contributed by atoms with van der Waals surface area (Å²) in [6.45, 7) is 0.269. The van der Waals surface area contributed by atoms with Gasteiger partial charge in [0, 0.05) is 24.3 Å². The molecule has 1 saturated heterocycles. The minimum atomic E-state index is -3.64. The molecule has 12 heteroatoms. The Kier molecular flexibility index (Phi) is 8.57. The van der Waals surface area contributed by atoms with Gasteiger partial charge in [-0.05, 0) is 42.5 Å². The van der Waals surface area contributed by atoms with Crippen molar-refractivity contribution in [3.05, 3.63) is 54.1 Å². The lowest BCUT2D eigenvalue weighted by Gasteiger charge is -2.26. The molecule has 182 valence electrons. The first-order chi connectivity index (χ1) is 16.3. The average molecular weight is 492 g/mol. The highest BCUT2D eigenvalue weighted by atomic mass is 32.2. The first-order valence-corrected chi connectivity index (χ1v) is 11.8. The van der Waals surface area contributed by atoms with Crippen LogP contribution in [0.4, 0.5) is 5.69 Å². The number of nitrogens with one attached hydrogen (secondary N) is 2. The number of amides is 2. The fourth-order valence-corrected chi connectivity index (χ4v) is 4.47. The molecule has 1 aliphatic heterocycles. The third kappa shape index (κ3) is 6.76. The molecule has 0 radical (unpaired) electrons. The monoisotopic (exact) mass is 491 g/mol. The molecule has 34 heavy (non-hydrogen) atoms. The summed E-state index contributed by atoms with van der Waals surface area (Å²) in [7, 11) is -2.16. The van der Waals surface area contributed by atoms with Crippen LogP contribution in [0.3, 0.4) is 0 Å². The van der Waals surface area contributed by atoms with Gasteiger partial charge in [-0.1, -0.05) is 6.07 Å². The third-order valence-corrected chi connectivity index (χ3v) is 6.75. The zero-order valence-corrected chi connectivity index (χ0v) is 19.3. The van der Waals surface area contributed by atoms with E-state index >= 15 is 0 Å². The Labute approximate surface area is 197 Å². The van der Waals surface area contributed by atoms with E-state index in [9.17, 15) is 22.8 Å². The van der Waals surface area contributed by atoms with E-state index in [0.29, 0.717) is 30.2 Å². The Hall–Kier alpha value is -3.48. The lowest BCUT2D eigenvalue weighted by molar-refractivity contribution is -0.146. The van der Waals surface area contributed by atoms with Crippen LogP contribution in [0.2, 0.25) is 0 Å². The van der Waals surface area contributed by atoms with Gasteiger partial charge in [-0.2, -0.15) is 4.31 Å². The number of rotatable bonds is 9. The molecule has 2 aromatic carbocycles. The number of carbonyl (C=O) groups excluding carboxylic acids is 3. The zero-order valence-electron chi connectivity index (χ0n) is 18.5. The summed E-state index contributed by atoms with van der Waals surface area (Å²) in [5.74, 6) is -1.40. The molecule has 0 aliphatic carbocycles. The smallest absolute Gasteiger partial charge is 0.325 e. The van der Waals surface area contributed by atoms with Crippen molar-refractivity contribution in [3.63, 3.8) is 0 Å². The summed E-state index contributed by atoms with van der Waals surface area (Å²) in [6, 6.07) is 12.1. The lowest BCUT2D eigenvalue weighted by Crippen LogP contribution is -2.40. The van der Waals surface area contributed by atoms with Gasteiger partial charge >= 0.3 is 5.97 Å². The van der Waals surface area contributed by atoms with Crippen molar-refractivity contribution in [2.45, 2.75) is 4.90 Å². The number of benzene rings is 2. The Balaban J connectivity index is 1.43. The van der Waals surface area contributed by atoms with Gasteiger partial charge in [0.15, 0.2) is 6.61 Å². The molecule has 1 fully saturated rings. The Bertz CT molecular complexity index is 1130. The Morgan fingerprint density at radius 2 is 1.76 bits per heavy atom. The van der Waals surface area contributed by atoms with E-state index in [-0.39, 0.29) is 18.0 Å². The van der Waals surface area contributed by atoms with Gasteiger partial charge in [0.1, 0.15) is 12.3 Å². The van der Waals surface area contributed by atoms with Crippen LogP contribution in [-0.4, -0.2) is 77.1 Å². The SMILES string of the molecule is COc1cccc(C(=O)NCC(=O)OCC(=O)Nc2ccc(S(=O)(=O)N3CCOCC3)cc2)c1. The highest BCUT2D eigenvalue weighted by Gasteiger charge is 2.26. The van der Waals surface area contributed by atoms with Crippen LogP contribution in [-0.2, 0) is 29.1 Å². The van der Waals surface area contributed by atoms with E-state index in [2.05, 4.69) is 10.6 Å². The molecule has 1 aliphatic rings. The maximum absolute atomic E-state index is 12.6. The first-order valence-electron chi connectivity index (χ1n) is 10.4. The molecule has 11 nitrogen and oxygen atoms in total. The molecule has 3 rings (SSSR count). The first kappa shape index (κ1) is 25.1. The van der Waals surface area contributed by atoms with Gasteiger partial charge in [0.25, 0.3) is 11.8 Å². The largest absolute Gasteiger partial charge is 0.497 e. The van der Waals surface area contributed by atoms with Crippen LogP contribution in [0.15, 0.2) is 53.4 Å². The molecule has 2 amide bonds. The normalized spacial score (nSPS) is 14.1. The Morgan fingerprint density at radius 1 is 1.06 bits per heavy atom. The van der Waals surface area contributed by atoms with Gasteiger partial charge in [0.05, 0.1) is 25.2 Å². The number of anilines is 1. The summed E-state index contributed by atoms with van der Waals surface area (Å²) in [5, 5.41) is 4.91. The van der Waals surface area contributed by atoms with Crippen molar-refractivity contribution in [2.24, 2.45) is 0 Å². The van der Waals surface area contributed by atoms with Crippen LogP contribution in [0.25, 0.3) is 0 Å². The number of carbonyl (C=O) groups is 3. The van der Waals surface area contributed by atoms with E-state index in [1.165, 1.54) is 41.7 Å². The minimum Gasteiger partial charge on any atom is -0.497 e. The second-order valence-corrected chi connectivity index (χ2v) is 9.10. The topological polar surface area (TPSA) is 140 Å². The highest BCUT2D eigenvalue weighted by Crippen LogP contribution is 2.19. The van der Waals surface area contributed by atoms with Crippen molar-refractivity contribution in [2.75, 3.05) is 51.9 Å². The fraction of sp³-hybridized carbons (Fsp3) is 0.318. The van der Waals surface area contributed by atoms with E-state index in [4.69, 9.17) is 14.2 Å². The van der Waals surface area contributed by atoms with E-state index in [1.54, 1.807) is 18.2 Å². The van der Waals surface area contributed by atoms with Crippen LogP contribution >= 0.6 is 0 Å². The molecule has 0 bridgehead atoms. The predicted molar refractivity (Wildman–Crippen MR) is 121 cm³/mol. The van der Waals surface area contributed by atoms with E-state index in [0.717, 1.165) is 0 Å². The van der Waals surface area contributed by atoms with Crippen LogP contribution in [0, 0.1) is 0 Å². The summed E-state index contributed by atoms with van der Waals surface area (Å²) in [4.78, 5) is 36.1. The molecule has 2 aromatic rings. The molecule has 0 aromatic heterocycles. The maximum Gasteiger partial charge on any atom is 0.325 e. The average Bonchev–Trinajstić information content (AvgIpc) is 2.87. The number of ether oxygens (including phenoxy) is 3.